The van der Waals surface area contributed by atoms with Crippen LogP contribution >= 0.6 is 23.4 Å². The van der Waals surface area contributed by atoms with E-state index in [1.54, 1.807) is 24.3 Å². The van der Waals surface area contributed by atoms with Crippen LogP contribution < -0.4 is 4.90 Å². The second-order valence-corrected chi connectivity index (χ2v) is 6.96. The summed E-state index contributed by atoms with van der Waals surface area (Å²) >= 11 is 7.17. The number of amides is 1. The molecule has 8 heteroatoms. The minimum Gasteiger partial charge on any atom is -0.288 e. The molecule has 134 valence electrons. The van der Waals surface area contributed by atoms with E-state index in [-0.39, 0.29) is 21.4 Å². The second-order valence-electron chi connectivity index (χ2n) is 5.47. The van der Waals surface area contributed by atoms with Crippen molar-refractivity contribution in [1.82, 2.24) is 0 Å². The fraction of sp³-hybridized carbons (Fsp3) is 0.111. The first-order valence-corrected chi connectivity index (χ1v) is 8.58. The number of carbonyl (C=O) groups is 2. The quantitative estimate of drug-likeness (QED) is 0.624. The van der Waals surface area contributed by atoms with E-state index in [0.29, 0.717) is 5.56 Å². The molecule has 1 aliphatic rings. The van der Waals surface area contributed by atoms with E-state index in [9.17, 15) is 22.8 Å². The molecule has 0 saturated carbocycles. The van der Waals surface area contributed by atoms with E-state index in [1.807, 2.05) is 0 Å². The number of thioether (sulfide) groups is 1. The highest BCUT2D eigenvalue weighted by molar-refractivity contribution is 8.04. The normalized spacial score (nSPS) is 15.3. The molecule has 0 aliphatic carbocycles. The minimum atomic E-state index is -4.58. The van der Waals surface area contributed by atoms with Gasteiger partial charge in [-0.2, -0.15) is 13.2 Å². The maximum absolute atomic E-state index is 13.0. The number of benzene rings is 2. The SMILES string of the molecule is CC(=O)N(/C=C1/Sc2ccccc2C1=O)c1cc(C(F)(F)F)ccc1Cl. The average Bonchev–Trinajstić information content (AvgIpc) is 2.88. The number of nitrogens with zero attached hydrogens (tertiary/aromatic N) is 1. The van der Waals surface area contributed by atoms with Gasteiger partial charge in [0.15, 0.2) is 0 Å². The van der Waals surface area contributed by atoms with Gasteiger partial charge in [0, 0.05) is 23.6 Å². The lowest BCUT2D eigenvalue weighted by atomic mass is 10.1. The van der Waals surface area contributed by atoms with Gasteiger partial charge in [-0.3, -0.25) is 14.5 Å². The standard InChI is InChI=1S/C18H11ClF3NO2S/c1-10(24)23(14-8-11(18(20,21)22)6-7-13(14)19)9-16-17(25)12-4-2-3-5-15(12)26-16/h2-9H,1H3/b16-9+. The summed E-state index contributed by atoms with van der Waals surface area (Å²) in [6.45, 7) is 1.19. The van der Waals surface area contributed by atoms with Crippen LogP contribution in [0.2, 0.25) is 5.02 Å². The second kappa shape index (κ2) is 6.81. The van der Waals surface area contributed by atoms with E-state index < -0.39 is 17.6 Å². The van der Waals surface area contributed by atoms with Crippen molar-refractivity contribution in [2.24, 2.45) is 0 Å². The van der Waals surface area contributed by atoms with Crippen LogP contribution in [0, 0.1) is 0 Å². The number of hydrogen-bond donors (Lipinski definition) is 0. The monoisotopic (exact) mass is 397 g/mol. The van der Waals surface area contributed by atoms with Gasteiger partial charge in [-0.25, -0.2) is 0 Å². The van der Waals surface area contributed by atoms with Gasteiger partial charge in [-0.15, -0.1) is 0 Å². The van der Waals surface area contributed by atoms with Crippen molar-refractivity contribution in [3.63, 3.8) is 0 Å². The topological polar surface area (TPSA) is 37.4 Å². The van der Waals surface area contributed by atoms with E-state index in [1.165, 1.54) is 13.1 Å². The fourth-order valence-electron chi connectivity index (χ4n) is 2.45. The highest BCUT2D eigenvalue weighted by atomic mass is 35.5. The third kappa shape index (κ3) is 3.50. The number of alkyl halides is 3. The lowest BCUT2D eigenvalue weighted by Gasteiger charge is -2.20. The molecule has 0 radical (unpaired) electrons. The summed E-state index contributed by atoms with van der Waals surface area (Å²) < 4.78 is 39.0. The molecule has 3 rings (SSSR count). The molecule has 1 aliphatic heterocycles. The van der Waals surface area contributed by atoms with Crippen LogP contribution in [0.4, 0.5) is 18.9 Å². The molecule has 0 bridgehead atoms. The lowest BCUT2D eigenvalue weighted by molar-refractivity contribution is -0.137. The van der Waals surface area contributed by atoms with Gasteiger partial charge in [0.05, 0.1) is 21.2 Å². The van der Waals surface area contributed by atoms with Crippen molar-refractivity contribution in [3.8, 4) is 0 Å². The zero-order chi connectivity index (χ0) is 19.1. The Hall–Kier alpha value is -2.25. The van der Waals surface area contributed by atoms with Gasteiger partial charge in [-0.05, 0) is 30.3 Å². The lowest BCUT2D eigenvalue weighted by Crippen LogP contribution is -2.24. The van der Waals surface area contributed by atoms with Gasteiger partial charge in [-0.1, -0.05) is 35.5 Å². The number of Topliss-reactive ketones (excluding diaryl/α,β-unsaturated/α-hetero) is 1. The molecule has 0 unspecified atom stereocenters. The van der Waals surface area contributed by atoms with E-state index in [4.69, 9.17) is 11.6 Å². The first kappa shape index (κ1) is 18.5. The first-order valence-electron chi connectivity index (χ1n) is 7.38. The number of anilines is 1. The van der Waals surface area contributed by atoms with E-state index >= 15 is 0 Å². The molecule has 0 N–H and O–H groups in total. The molecule has 0 saturated heterocycles. The number of hydrogen-bond acceptors (Lipinski definition) is 3. The highest BCUT2D eigenvalue weighted by Crippen LogP contribution is 2.41. The number of halogens is 4. The predicted octanol–water partition coefficient (Wildman–Crippen LogP) is 5.54. The summed E-state index contributed by atoms with van der Waals surface area (Å²) in [5.41, 5.74) is -0.580. The summed E-state index contributed by atoms with van der Waals surface area (Å²) in [7, 11) is 0. The van der Waals surface area contributed by atoms with Gasteiger partial charge < -0.3 is 0 Å². The van der Waals surface area contributed by atoms with Crippen LogP contribution in [-0.4, -0.2) is 11.7 Å². The first-order chi connectivity index (χ1) is 12.2. The predicted molar refractivity (Wildman–Crippen MR) is 94.3 cm³/mol. The molecular weight excluding hydrogens is 387 g/mol. The Morgan fingerprint density at radius 3 is 2.50 bits per heavy atom. The van der Waals surface area contributed by atoms with Crippen molar-refractivity contribution in [2.75, 3.05) is 4.90 Å². The molecule has 1 amide bonds. The largest absolute Gasteiger partial charge is 0.416 e. The number of fused-ring (bicyclic) bond motifs is 1. The smallest absolute Gasteiger partial charge is 0.288 e. The average molecular weight is 398 g/mol. The van der Waals surface area contributed by atoms with E-state index in [2.05, 4.69) is 0 Å². The van der Waals surface area contributed by atoms with Crippen molar-refractivity contribution < 1.29 is 22.8 Å². The number of ketones is 1. The number of carbonyl (C=O) groups excluding carboxylic acids is 2. The Kier molecular flexibility index (Phi) is 4.86. The van der Waals surface area contributed by atoms with Crippen LogP contribution in [0.15, 0.2) is 58.5 Å². The van der Waals surface area contributed by atoms with Crippen LogP contribution in [0.1, 0.15) is 22.8 Å². The summed E-state index contributed by atoms with van der Waals surface area (Å²) in [4.78, 5) is 26.4. The Labute approximate surface area is 156 Å². The zero-order valence-corrected chi connectivity index (χ0v) is 14.9. The molecule has 1 heterocycles. The molecule has 26 heavy (non-hydrogen) atoms. The Balaban J connectivity index is 2.05. The molecule has 2 aromatic carbocycles. The molecular formula is C18H11ClF3NO2S. The molecule has 0 fully saturated rings. The third-order valence-electron chi connectivity index (χ3n) is 3.69. The van der Waals surface area contributed by atoms with Gasteiger partial charge in [0.25, 0.3) is 0 Å². The fourth-order valence-corrected chi connectivity index (χ4v) is 3.67. The Morgan fingerprint density at radius 1 is 1.19 bits per heavy atom. The molecule has 0 spiro atoms. The summed E-state index contributed by atoms with van der Waals surface area (Å²) in [6.07, 6.45) is -3.35. The summed E-state index contributed by atoms with van der Waals surface area (Å²) in [5.74, 6) is -0.858. The van der Waals surface area contributed by atoms with Crippen LogP contribution in [0.25, 0.3) is 0 Å². The van der Waals surface area contributed by atoms with Crippen molar-refractivity contribution in [3.05, 3.63) is 69.7 Å². The van der Waals surface area contributed by atoms with Crippen molar-refractivity contribution >= 4 is 40.7 Å². The Bertz CT molecular complexity index is 940. The van der Waals surface area contributed by atoms with E-state index in [0.717, 1.165) is 39.8 Å². The minimum absolute atomic E-state index is 0.0296. The van der Waals surface area contributed by atoms with Gasteiger partial charge in [0.1, 0.15) is 0 Å². The maximum Gasteiger partial charge on any atom is 0.416 e. The van der Waals surface area contributed by atoms with Crippen molar-refractivity contribution in [2.45, 2.75) is 18.0 Å². The maximum atomic E-state index is 13.0. The van der Waals surface area contributed by atoms with Crippen LogP contribution in [-0.2, 0) is 11.0 Å². The number of rotatable bonds is 2. The molecule has 2 aromatic rings. The Morgan fingerprint density at radius 2 is 1.88 bits per heavy atom. The zero-order valence-electron chi connectivity index (χ0n) is 13.3. The molecule has 0 atom stereocenters. The summed E-state index contributed by atoms with van der Waals surface area (Å²) in [5, 5.41) is -0.0296. The molecule has 3 nitrogen and oxygen atoms in total. The summed E-state index contributed by atoms with van der Waals surface area (Å²) in [6, 6.07) is 9.60. The van der Waals surface area contributed by atoms with Crippen LogP contribution in [0.3, 0.4) is 0 Å². The third-order valence-corrected chi connectivity index (χ3v) is 5.10. The molecule has 0 aromatic heterocycles. The van der Waals surface area contributed by atoms with Gasteiger partial charge >= 0.3 is 6.18 Å². The van der Waals surface area contributed by atoms with Crippen LogP contribution in [0.5, 0.6) is 0 Å². The van der Waals surface area contributed by atoms with Crippen molar-refractivity contribution in [1.29, 1.82) is 0 Å². The van der Waals surface area contributed by atoms with Gasteiger partial charge in [0.2, 0.25) is 11.7 Å². The number of allylic oxidation sites excluding steroid dienone is 1. The highest BCUT2D eigenvalue weighted by Gasteiger charge is 2.32.